The molecule has 0 fully saturated rings. The standard InChI is InChI=1S/C19H15IN4/c20-16-13-11-15(12-14-16)19(23-21-17-7-3-1-4-8-17)24-22-18-9-5-2-6-10-18/h1-14,21H/b23-19+,24-22?. The van der Waals surface area contributed by atoms with Crippen LogP contribution < -0.4 is 5.43 Å². The first-order chi connectivity index (χ1) is 11.8. The maximum Gasteiger partial charge on any atom is 0.201 e. The number of rotatable bonds is 4. The summed E-state index contributed by atoms with van der Waals surface area (Å²) in [4.78, 5) is 0. The molecule has 0 amide bonds. The van der Waals surface area contributed by atoms with Crippen molar-refractivity contribution in [3.63, 3.8) is 0 Å². The lowest BCUT2D eigenvalue weighted by atomic mass is 10.2. The number of nitrogens with zero attached hydrogens (tertiary/aromatic N) is 3. The Bertz CT molecular complexity index is 828. The van der Waals surface area contributed by atoms with E-state index in [1.54, 1.807) is 0 Å². The lowest BCUT2D eigenvalue weighted by Crippen LogP contribution is -2.01. The number of anilines is 1. The predicted octanol–water partition coefficient (Wildman–Crippen LogP) is 5.85. The summed E-state index contributed by atoms with van der Waals surface area (Å²) in [6.07, 6.45) is 0. The number of amidine groups is 1. The molecule has 0 atom stereocenters. The first-order valence-corrected chi connectivity index (χ1v) is 8.50. The van der Waals surface area contributed by atoms with Gasteiger partial charge in [-0.15, -0.1) is 10.2 Å². The zero-order valence-electron chi connectivity index (χ0n) is 12.8. The van der Waals surface area contributed by atoms with Gasteiger partial charge >= 0.3 is 0 Å². The molecular formula is C19H15IN4. The third-order valence-corrected chi connectivity index (χ3v) is 3.90. The van der Waals surface area contributed by atoms with Crippen molar-refractivity contribution in [3.8, 4) is 0 Å². The van der Waals surface area contributed by atoms with Crippen LogP contribution in [0.15, 0.2) is 100 Å². The summed E-state index contributed by atoms with van der Waals surface area (Å²) in [5, 5.41) is 13.0. The van der Waals surface area contributed by atoms with Gasteiger partial charge in [-0.3, -0.25) is 5.43 Å². The third-order valence-electron chi connectivity index (χ3n) is 3.18. The number of benzene rings is 3. The van der Waals surface area contributed by atoms with Crippen molar-refractivity contribution in [1.82, 2.24) is 0 Å². The van der Waals surface area contributed by atoms with Crippen molar-refractivity contribution < 1.29 is 0 Å². The van der Waals surface area contributed by atoms with E-state index in [9.17, 15) is 0 Å². The van der Waals surface area contributed by atoms with Crippen molar-refractivity contribution in [2.75, 3.05) is 5.43 Å². The Labute approximate surface area is 154 Å². The van der Waals surface area contributed by atoms with Crippen LogP contribution in [0.2, 0.25) is 0 Å². The molecule has 0 aliphatic carbocycles. The van der Waals surface area contributed by atoms with Gasteiger partial charge in [-0.1, -0.05) is 48.5 Å². The summed E-state index contributed by atoms with van der Waals surface area (Å²) in [6.45, 7) is 0. The number of halogens is 1. The van der Waals surface area contributed by atoms with Crippen LogP contribution in [0.1, 0.15) is 5.56 Å². The van der Waals surface area contributed by atoms with E-state index in [1.165, 1.54) is 0 Å². The fourth-order valence-corrected chi connectivity index (χ4v) is 2.33. The Morgan fingerprint density at radius 2 is 1.38 bits per heavy atom. The zero-order chi connectivity index (χ0) is 16.6. The van der Waals surface area contributed by atoms with Crippen LogP contribution >= 0.6 is 22.6 Å². The number of hydrogen-bond donors (Lipinski definition) is 1. The minimum absolute atomic E-state index is 0.527. The average molecular weight is 426 g/mol. The molecule has 0 saturated carbocycles. The second-order valence-corrected chi connectivity index (χ2v) is 6.20. The van der Waals surface area contributed by atoms with E-state index in [0.29, 0.717) is 5.84 Å². The molecule has 0 aliphatic heterocycles. The highest BCUT2D eigenvalue weighted by Gasteiger charge is 2.03. The molecule has 118 valence electrons. The van der Waals surface area contributed by atoms with Crippen LogP contribution in [0, 0.1) is 3.57 Å². The normalized spacial score (nSPS) is 11.6. The topological polar surface area (TPSA) is 49.1 Å². The molecule has 3 rings (SSSR count). The lowest BCUT2D eigenvalue weighted by molar-refractivity contribution is 1.22. The molecule has 0 heterocycles. The van der Waals surface area contributed by atoms with E-state index in [0.717, 1.165) is 20.5 Å². The molecule has 3 aromatic rings. The molecule has 1 N–H and O–H groups in total. The van der Waals surface area contributed by atoms with Crippen LogP contribution in [0.5, 0.6) is 0 Å². The van der Waals surface area contributed by atoms with E-state index < -0.39 is 0 Å². The van der Waals surface area contributed by atoms with Gasteiger partial charge < -0.3 is 0 Å². The largest absolute Gasteiger partial charge is 0.276 e. The highest BCUT2D eigenvalue weighted by Crippen LogP contribution is 2.14. The van der Waals surface area contributed by atoms with E-state index in [4.69, 9.17) is 0 Å². The molecule has 5 heteroatoms. The Morgan fingerprint density at radius 3 is 2.04 bits per heavy atom. The highest BCUT2D eigenvalue weighted by atomic mass is 127. The Balaban J connectivity index is 1.88. The first-order valence-electron chi connectivity index (χ1n) is 7.43. The van der Waals surface area contributed by atoms with Gasteiger partial charge in [0.2, 0.25) is 5.84 Å². The number of hydrazone groups is 1. The number of nitrogens with one attached hydrogen (secondary N) is 1. The van der Waals surface area contributed by atoms with Crippen molar-refractivity contribution in [1.29, 1.82) is 0 Å². The second kappa shape index (κ2) is 8.35. The minimum Gasteiger partial charge on any atom is -0.276 e. The van der Waals surface area contributed by atoms with Crippen LogP contribution in [0.4, 0.5) is 11.4 Å². The molecule has 0 aliphatic rings. The fraction of sp³-hybridized carbons (Fsp3) is 0. The molecule has 24 heavy (non-hydrogen) atoms. The summed E-state index contributed by atoms with van der Waals surface area (Å²) in [6, 6.07) is 27.4. The predicted molar refractivity (Wildman–Crippen MR) is 107 cm³/mol. The van der Waals surface area contributed by atoms with Crippen LogP contribution in [0.25, 0.3) is 0 Å². The summed E-state index contributed by atoms with van der Waals surface area (Å²) < 4.78 is 1.16. The van der Waals surface area contributed by atoms with Crippen LogP contribution in [-0.2, 0) is 0 Å². The molecule has 4 nitrogen and oxygen atoms in total. The third kappa shape index (κ3) is 4.73. The van der Waals surface area contributed by atoms with Gasteiger partial charge in [0.05, 0.1) is 11.4 Å². The summed E-state index contributed by atoms with van der Waals surface area (Å²) in [5.74, 6) is 0.527. The number of hydrogen-bond acceptors (Lipinski definition) is 3. The zero-order valence-corrected chi connectivity index (χ0v) is 15.0. The van der Waals surface area contributed by atoms with Gasteiger partial charge in [0.25, 0.3) is 0 Å². The number of azo groups is 1. The Morgan fingerprint density at radius 1 is 0.750 bits per heavy atom. The van der Waals surface area contributed by atoms with E-state index >= 15 is 0 Å². The molecule has 0 aromatic heterocycles. The van der Waals surface area contributed by atoms with Gasteiger partial charge in [0, 0.05) is 9.13 Å². The lowest BCUT2D eigenvalue weighted by Gasteiger charge is -2.03. The molecule has 0 spiro atoms. The van der Waals surface area contributed by atoms with E-state index in [1.807, 2.05) is 84.9 Å². The molecule has 0 radical (unpaired) electrons. The monoisotopic (exact) mass is 426 g/mol. The molecule has 0 unspecified atom stereocenters. The van der Waals surface area contributed by atoms with Gasteiger partial charge in [0.1, 0.15) is 0 Å². The molecule has 3 aromatic carbocycles. The molecular weight excluding hydrogens is 411 g/mol. The quantitative estimate of drug-likeness (QED) is 0.184. The van der Waals surface area contributed by atoms with Gasteiger partial charge in [-0.05, 0) is 59.0 Å². The first kappa shape index (κ1) is 16.3. The summed E-state index contributed by atoms with van der Waals surface area (Å²) in [5.41, 5.74) is 5.61. The smallest absolute Gasteiger partial charge is 0.201 e. The SMILES string of the molecule is Ic1ccc(/C(N=Nc2ccccc2)=N\Nc2ccccc2)cc1. The van der Waals surface area contributed by atoms with Crippen molar-refractivity contribution in [2.45, 2.75) is 0 Å². The van der Waals surface area contributed by atoms with Crippen molar-refractivity contribution in [2.24, 2.45) is 15.3 Å². The highest BCUT2D eigenvalue weighted by molar-refractivity contribution is 14.1. The molecule has 0 saturated heterocycles. The van der Waals surface area contributed by atoms with E-state index in [-0.39, 0.29) is 0 Å². The van der Waals surface area contributed by atoms with Gasteiger partial charge in [-0.25, -0.2) is 0 Å². The van der Waals surface area contributed by atoms with E-state index in [2.05, 4.69) is 43.3 Å². The fourth-order valence-electron chi connectivity index (χ4n) is 1.97. The van der Waals surface area contributed by atoms with Crippen molar-refractivity contribution in [3.05, 3.63) is 94.1 Å². The van der Waals surface area contributed by atoms with Crippen molar-refractivity contribution >= 4 is 39.8 Å². The minimum atomic E-state index is 0.527. The van der Waals surface area contributed by atoms with Gasteiger partial charge in [0.15, 0.2) is 0 Å². The Kier molecular flexibility index (Phi) is 5.68. The summed E-state index contributed by atoms with van der Waals surface area (Å²) >= 11 is 2.27. The number of para-hydroxylation sites is 1. The second-order valence-electron chi connectivity index (χ2n) is 4.96. The Hall–Kier alpha value is -2.54. The van der Waals surface area contributed by atoms with Crippen LogP contribution in [0.3, 0.4) is 0 Å². The van der Waals surface area contributed by atoms with Gasteiger partial charge in [-0.2, -0.15) is 5.10 Å². The summed E-state index contributed by atoms with van der Waals surface area (Å²) in [7, 11) is 0. The van der Waals surface area contributed by atoms with Crippen LogP contribution in [-0.4, -0.2) is 5.84 Å². The average Bonchev–Trinajstić information content (AvgIpc) is 2.64. The maximum absolute atomic E-state index is 4.41. The molecule has 0 bridgehead atoms. The maximum atomic E-state index is 4.41.